The van der Waals surface area contributed by atoms with Gasteiger partial charge in [0, 0.05) is 11.0 Å². The van der Waals surface area contributed by atoms with Crippen LogP contribution < -0.4 is 0 Å². The highest BCUT2D eigenvalue weighted by molar-refractivity contribution is 14.1. The van der Waals surface area contributed by atoms with Crippen LogP contribution in [-0.4, -0.2) is 34.7 Å². The first-order valence-corrected chi connectivity index (χ1v) is 10.1. The van der Waals surface area contributed by atoms with Crippen molar-refractivity contribution in [1.82, 2.24) is 0 Å². The topological polar surface area (TPSA) is 65.0 Å². The molecule has 0 amide bonds. The Labute approximate surface area is 134 Å². The Balaban J connectivity index is 2.73. The number of allylic oxidation sites excluding steroid dienone is 1. The lowest BCUT2D eigenvalue weighted by atomic mass is 10.2. The molecule has 1 fully saturated rings. The molecule has 1 aliphatic rings. The molecule has 0 aromatic heterocycles. The zero-order valence-electron chi connectivity index (χ0n) is 12.1. The molecule has 0 saturated carbocycles. The van der Waals surface area contributed by atoms with Crippen LogP contribution in [0.2, 0.25) is 0 Å². The molecule has 1 rings (SSSR count). The molecule has 2 unspecified atom stereocenters. The Hall–Kier alpha value is 0.380. The molecule has 3 atom stereocenters. The van der Waals surface area contributed by atoms with Crippen molar-refractivity contribution in [3.8, 4) is 0 Å². The number of alkyl halides is 1. The van der Waals surface area contributed by atoms with Gasteiger partial charge in [-0.1, -0.05) is 29.5 Å². The fourth-order valence-electron chi connectivity index (χ4n) is 1.75. The Morgan fingerprint density at radius 2 is 2.40 bits per heavy atom. The van der Waals surface area contributed by atoms with Crippen LogP contribution in [0, 0.1) is 0 Å². The van der Waals surface area contributed by atoms with Crippen LogP contribution in [0.15, 0.2) is 11.6 Å². The lowest BCUT2D eigenvalue weighted by Crippen LogP contribution is -2.25. The van der Waals surface area contributed by atoms with Crippen molar-refractivity contribution in [2.45, 2.75) is 51.7 Å². The minimum absolute atomic E-state index is 0.0740. The van der Waals surface area contributed by atoms with Crippen LogP contribution in [0.3, 0.4) is 0 Å². The highest BCUT2D eigenvalue weighted by Gasteiger charge is 2.32. The lowest BCUT2D eigenvalue weighted by Gasteiger charge is -2.27. The van der Waals surface area contributed by atoms with Crippen LogP contribution >= 0.6 is 30.2 Å². The highest BCUT2D eigenvalue weighted by atomic mass is 127. The molecule has 20 heavy (non-hydrogen) atoms. The normalized spacial score (nSPS) is 25.0. The Morgan fingerprint density at radius 3 is 2.95 bits per heavy atom. The summed E-state index contributed by atoms with van der Waals surface area (Å²) in [5.41, 5.74) is 0.0740. The third-order valence-electron chi connectivity index (χ3n) is 3.01. The zero-order chi connectivity index (χ0) is 15.0. The van der Waals surface area contributed by atoms with E-state index < -0.39 is 7.60 Å². The molecule has 0 radical (unpaired) electrons. The fourth-order valence-corrected chi connectivity index (χ4v) is 3.45. The van der Waals surface area contributed by atoms with E-state index in [1.54, 1.807) is 13.0 Å². The summed E-state index contributed by atoms with van der Waals surface area (Å²) in [5.74, 6) is 0. The number of hydrogen-bond donors (Lipinski definition) is 1. The number of hydrogen-bond acceptors (Lipinski definition) is 4. The van der Waals surface area contributed by atoms with Crippen LogP contribution in [0.5, 0.6) is 0 Å². The summed E-state index contributed by atoms with van der Waals surface area (Å²) in [7, 11) is -3.89. The minimum Gasteiger partial charge on any atom is -0.480 e. The van der Waals surface area contributed by atoms with Crippen LogP contribution in [0.25, 0.3) is 0 Å². The van der Waals surface area contributed by atoms with Gasteiger partial charge < -0.3 is 18.9 Å². The van der Waals surface area contributed by atoms with Gasteiger partial charge in [0.15, 0.2) is 0 Å². The van der Waals surface area contributed by atoms with E-state index in [4.69, 9.17) is 14.0 Å². The molecule has 1 heterocycles. The van der Waals surface area contributed by atoms with Crippen LogP contribution in [0.1, 0.15) is 39.5 Å². The molecular weight excluding hydrogens is 394 g/mol. The average Bonchev–Trinajstić information content (AvgIpc) is 2.43. The molecule has 1 N–H and O–H groups in total. The fraction of sp³-hybridized carbons (Fsp3) is 0.846. The highest BCUT2D eigenvalue weighted by Crippen LogP contribution is 2.53. The second-order valence-corrected chi connectivity index (χ2v) is 7.59. The molecule has 1 saturated heterocycles. The first kappa shape index (κ1) is 18.4. The Kier molecular flexibility index (Phi) is 8.67. The van der Waals surface area contributed by atoms with Gasteiger partial charge in [0.2, 0.25) is 5.50 Å². The zero-order valence-corrected chi connectivity index (χ0v) is 15.1. The average molecular weight is 418 g/mol. The summed E-state index contributed by atoms with van der Waals surface area (Å²) in [5, 5.41) is 0. The predicted molar refractivity (Wildman–Crippen MR) is 87.2 cm³/mol. The first-order chi connectivity index (χ1) is 9.49. The van der Waals surface area contributed by atoms with E-state index in [2.05, 4.69) is 22.6 Å². The van der Waals surface area contributed by atoms with Crippen molar-refractivity contribution >= 4 is 30.2 Å². The Bertz CT molecular complexity index is 355. The summed E-state index contributed by atoms with van der Waals surface area (Å²) in [6.07, 6.45) is 4.33. The monoisotopic (exact) mass is 418 g/mol. The third-order valence-corrected chi connectivity index (χ3v) is 5.12. The molecule has 7 heteroatoms. The summed E-state index contributed by atoms with van der Waals surface area (Å²) in [4.78, 5) is 10.1. The van der Waals surface area contributed by atoms with Gasteiger partial charge in [-0.3, -0.25) is 4.57 Å². The minimum atomic E-state index is -3.89. The lowest BCUT2D eigenvalue weighted by molar-refractivity contribution is -0.0202. The van der Waals surface area contributed by atoms with E-state index in [0.29, 0.717) is 19.4 Å². The molecular formula is C13H24IO5P. The van der Waals surface area contributed by atoms with Crippen molar-refractivity contribution in [2.75, 3.05) is 17.6 Å². The quantitative estimate of drug-likeness (QED) is 0.281. The van der Waals surface area contributed by atoms with Crippen molar-refractivity contribution in [2.24, 2.45) is 0 Å². The predicted octanol–water partition coefficient (Wildman–Crippen LogP) is 3.85. The van der Waals surface area contributed by atoms with Gasteiger partial charge in [-0.15, -0.1) is 0 Å². The van der Waals surface area contributed by atoms with Gasteiger partial charge in [0.1, 0.15) is 6.10 Å². The number of ether oxygens (including phenoxy) is 2. The maximum Gasteiger partial charge on any atom is 0.393 e. The molecule has 118 valence electrons. The van der Waals surface area contributed by atoms with Crippen LogP contribution in [-0.2, 0) is 18.6 Å². The number of halogens is 1. The molecule has 0 aliphatic carbocycles. The van der Waals surface area contributed by atoms with Crippen LogP contribution in [0.4, 0.5) is 0 Å². The van der Waals surface area contributed by atoms with Gasteiger partial charge >= 0.3 is 7.60 Å². The van der Waals surface area contributed by atoms with Crippen molar-refractivity contribution in [3.63, 3.8) is 0 Å². The van der Waals surface area contributed by atoms with Gasteiger partial charge in [-0.05, 0) is 38.7 Å². The molecule has 5 nitrogen and oxygen atoms in total. The number of rotatable bonds is 8. The summed E-state index contributed by atoms with van der Waals surface area (Å²) in [6.45, 7) is 4.88. The van der Waals surface area contributed by atoms with E-state index in [9.17, 15) is 9.46 Å². The second kappa shape index (κ2) is 9.41. The summed E-state index contributed by atoms with van der Waals surface area (Å²) in [6, 6.07) is 0. The van der Waals surface area contributed by atoms with Gasteiger partial charge in [-0.25, -0.2) is 0 Å². The van der Waals surface area contributed by atoms with Crippen molar-refractivity contribution < 1.29 is 23.5 Å². The first-order valence-electron chi connectivity index (χ1n) is 7.02. The summed E-state index contributed by atoms with van der Waals surface area (Å²) < 4.78 is 29.5. The molecule has 0 aromatic carbocycles. The third kappa shape index (κ3) is 6.43. The van der Waals surface area contributed by atoms with E-state index >= 15 is 0 Å². The smallest absolute Gasteiger partial charge is 0.393 e. The van der Waals surface area contributed by atoms with E-state index in [-0.39, 0.29) is 17.7 Å². The maximum absolute atomic E-state index is 12.4. The second-order valence-electron chi connectivity index (χ2n) is 4.82. The molecule has 1 aliphatic heterocycles. The van der Waals surface area contributed by atoms with Gasteiger partial charge in [0.05, 0.1) is 12.7 Å². The molecule has 0 spiro atoms. The maximum atomic E-state index is 12.4. The summed E-state index contributed by atoms with van der Waals surface area (Å²) >= 11 is 2.22. The standard InChI is InChI=1S/C13H24IO5P/c1-3-11(2)19-20(15,16)13(7-4-8-14)18-12-6-5-9-17-10-12/h7,11-12H,3-6,8-10H2,1-2H3,(H,15,16). The van der Waals surface area contributed by atoms with Crippen molar-refractivity contribution in [3.05, 3.63) is 11.6 Å². The van der Waals surface area contributed by atoms with Crippen molar-refractivity contribution in [1.29, 1.82) is 0 Å². The largest absolute Gasteiger partial charge is 0.480 e. The Morgan fingerprint density at radius 1 is 1.65 bits per heavy atom. The van der Waals surface area contributed by atoms with E-state index in [0.717, 1.165) is 23.9 Å². The van der Waals surface area contributed by atoms with E-state index in [1.165, 1.54) is 0 Å². The van der Waals surface area contributed by atoms with E-state index in [1.807, 2.05) is 6.92 Å². The van der Waals surface area contributed by atoms with Gasteiger partial charge in [-0.2, -0.15) is 0 Å². The SMILES string of the molecule is CCC(C)O[P@@](=O)(O)C(=CCCI)OC1CCCOC1. The molecule has 0 bridgehead atoms. The van der Waals surface area contributed by atoms with Gasteiger partial charge in [0.25, 0.3) is 0 Å². The molecule has 0 aromatic rings.